The van der Waals surface area contributed by atoms with Crippen LogP contribution >= 0.6 is 11.8 Å². The van der Waals surface area contributed by atoms with E-state index in [0.29, 0.717) is 41.4 Å². The van der Waals surface area contributed by atoms with Crippen molar-refractivity contribution < 1.29 is 42.6 Å². The fraction of sp³-hybridized carbons (Fsp3) is 0.400. The van der Waals surface area contributed by atoms with Crippen molar-refractivity contribution in [2.45, 2.75) is 37.9 Å². The Morgan fingerprint density at radius 2 is 1.89 bits per heavy atom. The number of fused-ring (bicyclic) bond motifs is 1. The molecule has 2 fully saturated rings. The number of nitrogens with two attached hydrogens (primary N) is 1. The molecule has 0 aliphatic carbocycles. The number of allylic oxidation sites excluding steroid dienone is 1. The molecule has 35 heavy (non-hydrogen) atoms. The molecule has 1 aromatic rings. The van der Waals surface area contributed by atoms with E-state index in [2.05, 4.69) is 9.97 Å². The van der Waals surface area contributed by atoms with Crippen molar-refractivity contribution in [1.82, 2.24) is 14.9 Å². The van der Waals surface area contributed by atoms with Crippen LogP contribution in [0.2, 0.25) is 0 Å². The predicted octanol–water partition coefficient (Wildman–Crippen LogP) is 0.971. The zero-order valence-electron chi connectivity index (χ0n) is 18.4. The van der Waals surface area contributed by atoms with Crippen LogP contribution in [0.4, 0.5) is 19.0 Å². The first-order chi connectivity index (χ1) is 16.2. The zero-order valence-corrected chi connectivity index (χ0v) is 19.2. The third kappa shape index (κ3) is 5.14. The average Bonchev–Trinajstić information content (AvgIpc) is 3.12. The van der Waals surface area contributed by atoms with Gasteiger partial charge in [0.1, 0.15) is 17.1 Å². The molecule has 2 saturated heterocycles. The van der Waals surface area contributed by atoms with Crippen LogP contribution in [0.25, 0.3) is 0 Å². The second-order valence-corrected chi connectivity index (χ2v) is 8.82. The second kappa shape index (κ2) is 9.65. The summed E-state index contributed by atoms with van der Waals surface area (Å²) in [5, 5.41) is 16.4. The number of rotatable bonds is 3. The monoisotopic (exact) mass is 515 g/mol. The fourth-order valence-corrected chi connectivity index (χ4v) is 4.92. The van der Waals surface area contributed by atoms with E-state index in [1.54, 1.807) is 24.1 Å². The third-order valence-electron chi connectivity index (χ3n) is 5.25. The number of alkyl halides is 3. The van der Waals surface area contributed by atoms with Crippen LogP contribution in [0.5, 0.6) is 0 Å². The van der Waals surface area contributed by atoms with E-state index in [1.807, 2.05) is 6.92 Å². The molecular formula is C20H20F3N5O6S. The van der Waals surface area contributed by atoms with E-state index >= 15 is 0 Å². The Balaban J connectivity index is 0.000000429. The first-order valence-electron chi connectivity index (χ1n) is 10.0. The molecule has 4 heterocycles. The molecule has 4 N–H and O–H groups in total. The van der Waals surface area contributed by atoms with E-state index in [9.17, 15) is 32.7 Å². The van der Waals surface area contributed by atoms with Crippen LogP contribution in [0, 0.1) is 13.8 Å². The number of halogens is 3. The van der Waals surface area contributed by atoms with Gasteiger partial charge in [-0.2, -0.15) is 13.2 Å². The maximum Gasteiger partial charge on any atom is 0.490 e. The van der Waals surface area contributed by atoms with Gasteiger partial charge in [0.05, 0.1) is 17.6 Å². The van der Waals surface area contributed by atoms with Crippen LogP contribution in [0.15, 0.2) is 29.1 Å². The number of aryl methyl sites for hydroxylation is 2. The van der Waals surface area contributed by atoms with Gasteiger partial charge >= 0.3 is 18.1 Å². The van der Waals surface area contributed by atoms with Crippen LogP contribution in [0.1, 0.15) is 17.8 Å². The van der Waals surface area contributed by atoms with E-state index in [4.69, 9.17) is 15.6 Å². The highest BCUT2D eigenvalue weighted by molar-refractivity contribution is 8.00. The summed E-state index contributed by atoms with van der Waals surface area (Å²) in [6.45, 7) is 4.08. The minimum absolute atomic E-state index is 0.0829. The predicted molar refractivity (Wildman–Crippen MR) is 116 cm³/mol. The number of anilines is 1. The topological polar surface area (TPSA) is 167 Å². The van der Waals surface area contributed by atoms with Crippen molar-refractivity contribution in [3.63, 3.8) is 0 Å². The Morgan fingerprint density at radius 3 is 2.43 bits per heavy atom. The van der Waals surface area contributed by atoms with Crippen LogP contribution in [0.3, 0.4) is 0 Å². The Labute approximate surface area is 200 Å². The number of carbonyl (C=O) groups excluding carboxylic acids is 2. The number of carboxylic acid groups (broad SMARTS) is 2. The van der Waals surface area contributed by atoms with Gasteiger partial charge in [-0.25, -0.2) is 14.6 Å². The summed E-state index contributed by atoms with van der Waals surface area (Å²) >= 11 is 1.41. The maximum absolute atomic E-state index is 12.9. The third-order valence-corrected chi connectivity index (χ3v) is 6.58. The van der Waals surface area contributed by atoms with Gasteiger partial charge < -0.3 is 15.9 Å². The number of hydrogen-bond donors (Lipinski definition) is 3. The van der Waals surface area contributed by atoms with Crippen molar-refractivity contribution in [3.8, 4) is 0 Å². The van der Waals surface area contributed by atoms with Gasteiger partial charge in [-0.1, -0.05) is 0 Å². The van der Waals surface area contributed by atoms with Gasteiger partial charge in [0.15, 0.2) is 5.82 Å². The molecule has 0 aromatic carbocycles. The first-order valence-corrected chi connectivity index (χ1v) is 11.1. The van der Waals surface area contributed by atoms with Gasteiger partial charge in [0.25, 0.3) is 5.91 Å². The first kappa shape index (κ1) is 26.2. The van der Waals surface area contributed by atoms with Crippen molar-refractivity contribution in [2.75, 3.05) is 17.2 Å². The number of nitrogens with zero attached hydrogens (tertiary/aromatic N) is 4. The average molecular weight is 515 g/mol. The van der Waals surface area contributed by atoms with Gasteiger partial charge in [0.2, 0.25) is 5.91 Å². The smallest absolute Gasteiger partial charge is 0.477 e. The molecule has 15 heteroatoms. The number of thioether (sulfide) groups is 1. The van der Waals surface area contributed by atoms with Crippen LogP contribution in [-0.4, -0.2) is 78.7 Å². The Kier molecular flexibility index (Phi) is 7.21. The number of amides is 2. The molecular weight excluding hydrogens is 495 g/mol. The summed E-state index contributed by atoms with van der Waals surface area (Å²) in [5.74, 6) is -3.70. The molecule has 0 radical (unpaired) electrons. The number of hydrogen-bond acceptors (Lipinski definition) is 8. The molecule has 188 valence electrons. The fourth-order valence-electron chi connectivity index (χ4n) is 3.67. The van der Waals surface area contributed by atoms with Crippen molar-refractivity contribution in [1.29, 1.82) is 0 Å². The summed E-state index contributed by atoms with van der Waals surface area (Å²) in [6.07, 6.45) is -1.41. The Hall–Kier alpha value is -3.46. The quantitative estimate of drug-likeness (QED) is 0.390. The number of aromatic nitrogens is 2. The van der Waals surface area contributed by atoms with E-state index in [1.165, 1.54) is 16.7 Å². The maximum atomic E-state index is 12.9. The SMILES string of the molecule is Cc1cnc(N2CCC(=CC3=C(C(=O)O)N4C(=O)[C@@H](N)[C@H]4SC3)C2=O)c(C)n1.O=C(O)C(F)(F)F. The summed E-state index contributed by atoms with van der Waals surface area (Å²) in [7, 11) is 0. The minimum Gasteiger partial charge on any atom is -0.477 e. The summed E-state index contributed by atoms with van der Waals surface area (Å²) in [4.78, 5) is 57.0. The summed E-state index contributed by atoms with van der Waals surface area (Å²) < 4.78 is 31.7. The number of aliphatic carboxylic acids is 2. The van der Waals surface area contributed by atoms with Gasteiger partial charge in [-0.3, -0.25) is 24.4 Å². The molecule has 2 amide bonds. The molecule has 2 atom stereocenters. The standard InChI is InChI=1S/C18H19N5O4S.C2HF3O2/c1-8-6-20-14(9(2)21-8)22-4-3-10(15(22)24)5-11-7-28-17-12(19)16(25)23(17)13(11)18(26)27;3-2(4,5)1(6)7/h5-6,12,17H,3-4,7,19H2,1-2H3,(H,26,27);(H,6,7)/t12-,17-;/m1./s1. The van der Waals surface area contributed by atoms with Crippen molar-refractivity contribution in [2.24, 2.45) is 5.73 Å². The number of β-lactam (4-membered cyclic amide) rings is 1. The number of carboxylic acids is 2. The molecule has 1 aromatic heterocycles. The van der Waals surface area contributed by atoms with Crippen molar-refractivity contribution in [3.05, 3.63) is 40.5 Å². The normalized spacial score (nSPS) is 23.1. The molecule has 11 nitrogen and oxygen atoms in total. The van der Waals surface area contributed by atoms with Gasteiger partial charge in [-0.05, 0) is 31.9 Å². The molecule has 0 spiro atoms. The molecule has 3 aliphatic rings. The largest absolute Gasteiger partial charge is 0.490 e. The van der Waals surface area contributed by atoms with Gasteiger partial charge in [-0.15, -0.1) is 11.8 Å². The lowest BCUT2D eigenvalue weighted by atomic mass is 10.0. The summed E-state index contributed by atoms with van der Waals surface area (Å²) in [6, 6.07) is -0.680. The lowest BCUT2D eigenvalue weighted by Crippen LogP contribution is -2.68. The lowest BCUT2D eigenvalue weighted by molar-refractivity contribution is -0.192. The Bertz CT molecular complexity index is 1170. The highest BCUT2D eigenvalue weighted by Gasteiger charge is 2.51. The van der Waals surface area contributed by atoms with Gasteiger partial charge in [0, 0.05) is 17.9 Å². The number of carbonyl (C=O) groups is 4. The lowest BCUT2D eigenvalue weighted by Gasteiger charge is -2.47. The van der Waals surface area contributed by atoms with E-state index < -0.39 is 30.1 Å². The highest BCUT2D eigenvalue weighted by Crippen LogP contribution is 2.40. The molecule has 0 unspecified atom stereocenters. The molecule has 0 saturated carbocycles. The minimum atomic E-state index is -5.08. The molecule has 4 rings (SSSR count). The van der Waals surface area contributed by atoms with E-state index in [-0.39, 0.29) is 17.0 Å². The highest BCUT2D eigenvalue weighted by atomic mass is 32.2. The van der Waals surface area contributed by atoms with Crippen LogP contribution < -0.4 is 10.6 Å². The Morgan fingerprint density at radius 1 is 1.26 bits per heavy atom. The van der Waals surface area contributed by atoms with Crippen molar-refractivity contribution >= 4 is 41.3 Å². The second-order valence-electron chi connectivity index (χ2n) is 7.71. The van der Waals surface area contributed by atoms with E-state index in [0.717, 1.165) is 5.69 Å². The molecule has 0 bridgehead atoms. The molecule has 3 aliphatic heterocycles. The van der Waals surface area contributed by atoms with Crippen LogP contribution in [-0.2, 0) is 19.2 Å². The summed E-state index contributed by atoms with van der Waals surface area (Å²) in [5.41, 5.74) is 8.05. The zero-order chi connectivity index (χ0) is 26.2.